The smallest absolute Gasteiger partial charge is 0.339 e. The van der Waals surface area contributed by atoms with E-state index in [0.29, 0.717) is 5.69 Å². The Bertz CT molecular complexity index is 887. The van der Waals surface area contributed by atoms with Gasteiger partial charge in [0.2, 0.25) is 5.95 Å². The molecule has 0 aliphatic rings. The predicted molar refractivity (Wildman–Crippen MR) is 96.2 cm³/mol. The quantitative estimate of drug-likeness (QED) is 0.253. The minimum atomic E-state index is -4.10. The number of carbonyl (C=O) groups is 1. The second-order valence-electron chi connectivity index (χ2n) is 4.89. The van der Waals surface area contributed by atoms with Gasteiger partial charge in [0, 0.05) is 18.1 Å². The van der Waals surface area contributed by atoms with Crippen molar-refractivity contribution in [3.05, 3.63) is 42.7 Å². The first-order valence-electron chi connectivity index (χ1n) is 7.12. The summed E-state index contributed by atoms with van der Waals surface area (Å²) in [7, 11) is -7.76. The molecule has 0 fully saturated rings. The molecule has 1 aromatic heterocycles. The van der Waals surface area contributed by atoms with E-state index in [-0.39, 0.29) is 10.8 Å². The van der Waals surface area contributed by atoms with E-state index in [1.54, 1.807) is 6.07 Å². The van der Waals surface area contributed by atoms with E-state index in [2.05, 4.69) is 20.0 Å². The molecule has 27 heavy (non-hydrogen) atoms. The molecular formula is C13H18N5O7PS. The van der Waals surface area contributed by atoms with Crippen LogP contribution in [0.15, 0.2) is 47.6 Å². The van der Waals surface area contributed by atoms with Crippen LogP contribution in [0.2, 0.25) is 0 Å². The summed E-state index contributed by atoms with van der Waals surface area (Å²) in [4.78, 5) is 33.8. The molecule has 0 aliphatic heterocycles. The minimum absolute atomic E-state index is 0.0318. The highest BCUT2D eigenvalue weighted by molar-refractivity contribution is 7.92. The number of nitrogen functional groups attached to an aromatic ring is 1. The van der Waals surface area contributed by atoms with Crippen LogP contribution in [0.5, 0.6) is 0 Å². The molecule has 7 N–H and O–H groups in total. The number of hydrogen-bond acceptors (Lipinski definition) is 8. The van der Waals surface area contributed by atoms with Crippen molar-refractivity contribution in [2.45, 2.75) is 4.90 Å². The zero-order valence-corrected chi connectivity index (χ0v) is 15.5. The van der Waals surface area contributed by atoms with Gasteiger partial charge >= 0.3 is 13.6 Å². The van der Waals surface area contributed by atoms with Crippen LogP contribution in [0, 0.1) is 0 Å². The third kappa shape index (κ3) is 9.63. The summed E-state index contributed by atoms with van der Waals surface area (Å²) >= 11 is 0. The molecule has 0 radical (unpaired) electrons. The maximum absolute atomic E-state index is 11.9. The Labute approximate surface area is 154 Å². The molecule has 0 amide bonds. The summed E-state index contributed by atoms with van der Waals surface area (Å²) in [6.45, 7) is -0.439. The van der Waals surface area contributed by atoms with Gasteiger partial charge in [0.25, 0.3) is 10.0 Å². The van der Waals surface area contributed by atoms with Gasteiger partial charge < -0.3 is 20.6 Å². The largest absolute Gasteiger partial charge is 0.480 e. The fourth-order valence-electron chi connectivity index (χ4n) is 1.49. The second kappa shape index (κ2) is 9.94. The zero-order valence-electron chi connectivity index (χ0n) is 13.8. The van der Waals surface area contributed by atoms with Crippen molar-refractivity contribution in [2.75, 3.05) is 23.3 Å². The van der Waals surface area contributed by atoms with E-state index in [9.17, 15) is 17.8 Å². The Morgan fingerprint density at radius 1 is 1.15 bits per heavy atom. The maximum Gasteiger partial charge on any atom is 0.339 e. The van der Waals surface area contributed by atoms with E-state index >= 15 is 0 Å². The van der Waals surface area contributed by atoms with E-state index in [1.165, 1.54) is 36.7 Å². The molecule has 0 spiro atoms. The second-order valence-corrected chi connectivity index (χ2v) is 8.22. The monoisotopic (exact) mass is 419 g/mol. The molecule has 0 saturated carbocycles. The van der Waals surface area contributed by atoms with Crippen LogP contribution in [0.3, 0.4) is 0 Å². The van der Waals surface area contributed by atoms with Gasteiger partial charge in [-0.3, -0.25) is 14.7 Å². The lowest BCUT2D eigenvalue weighted by Crippen LogP contribution is -2.23. The van der Waals surface area contributed by atoms with Crippen LogP contribution in [0.4, 0.5) is 11.6 Å². The highest BCUT2D eigenvalue weighted by Gasteiger charge is 2.14. The number of carboxylic acid groups (broad SMARTS) is 1. The number of hydrogen-bond donors (Lipinski definition) is 6. The highest BCUT2D eigenvalue weighted by Crippen LogP contribution is 2.31. The average Bonchev–Trinajstić information content (AvgIpc) is 2.55. The first kappa shape index (κ1) is 22.5. The molecule has 2 rings (SSSR count). The van der Waals surface area contributed by atoms with Gasteiger partial charge in [-0.2, -0.15) is 0 Å². The van der Waals surface area contributed by atoms with Gasteiger partial charge in [0.15, 0.2) is 0 Å². The van der Waals surface area contributed by atoms with Gasteiger partial charge in [-0.15, -0.1) is 0 Å². The van der Waals surface area contributed by atoms with Crippen LogP contribution < -0.4 is 15.8 Å². The fourth-order valence-corrected chi connectivity index (χ4v) is 2.85. The summed E-state index contributed by atoms with van der Waals surface area (Å²) in [5.74, 6) is -1.11. The van der Waals surface area contributed by atoms with Crippen LogP contribution in [-0.4, -0.2) is 52.1 Å². The SMILES string of the molecule is Nc1ccc(S(=O)(=O)Nc2ncccn2)cc1.O=C(O)CNCP(=O)(O)O. The number of anilines is 2. The summed E-state index contributed by atoms with van der Waals surface area (Å²) in [5.41, 5.74) is 5.98. The summed E-state index contributed by atoms with van der Waals surface area (Å²) in [5, 5.41) is 10.1. The molecule has 1 heterocycles. The van der Waals surface area contributed by atoms with Crippen molar-refractivity contribution in [3.63, 3.8) is 0 Å². The van der Waals surface area contributed by atoms with E-state index < -0.39 is 36.4 Å². The Hall–Kier alpha value is -2.57. The summed E-state index contributed by atoms with van der Waals surface area (Å²) in [6, 6.07) is 7.46. The minimum Gasteiger partial charge on any atom is -0.480 e. The molecule has 12 nitrogen and oxygen atoms in total. The first-order chi connectivity index (χ1) is 12.5. The summed E-state index contributed by atoms with van der Waals surface area (Å²) < 4.78 is 36.1. The van der Waals surface area contributed by atoms with E-state index in [4.69, 9.17) is 20.6 Å². The molecule has 0 bridgehead atoms. The number of aliphatic carboxylic acids is 1. The normalized spacial score (nSPS) is 11.2. The van der Waals surface area contributed by atoms with Gasteiger partial charge in [-0.25, -0.2) is 23.1 Å². The van der Waals surface area contributed by atoms with E-state index in [0.717, 1.165) is 0 Å². The van der Waals surface area contributed by atoms with Crippen molar-refractivity contribution < 1.29 is 32.7 Å². The molecule has 148 valence electrons. The molecule has 0 atom stereocenters. The van der Waals surface area contributed by atoms with Gasteiger partial charge in [-0.1, -0.05) is 0 Å². The van der Waals surface area contributed by atoms with Crippen LogP contribution in [-0.2, 0) is 19.4 Å². The molecule has 1 aromatic carbocycles. The Morgan fingerprint density at radius 3 is 2.19 bits per heavy atom. The third-order valence-corrected chi connectivity index (χ3v) is 4.56. The van der Waals surface area contributed by atoms with Gasteiger partial charge in [-0.05, 0) is 30.3 Å². The number of rotatable bonds is 7. The topological polar surface area (TPSA) is 205 Å². The summed E-state index contributed by atoms with van der Waals surface area (Å²) in [6.07, 6.45) is 2.31. The van der Waals surface area contributed by atoms with Crippen molar-refractivity contribution in [3.8, 4) is 0 Å². The predicted octanol–water partition coefficient (Wildman–Crippen LogP) is -0.345. The number of nitrogens with one attached hydrogen (secondary N) is 2. The molecule has 0 aliphatic carbocycles. The van der Waals surface area contributed by atoms with Crippen molar-refractivity contribution in [1.82, 2.24) is 15.3 Å². The Balaban J connectivity index is 0.000000314. The number of aromatic nitrogens is 2. The number of sulfonamides is 1. The van der Waals surface area contributed by atoms with Gasteiger partial charge in [0.05, 0.1) is 17.7 Å². The van der Waals surface area contributed by atoms with Crippen LogP contribution in [0.25, 0.3) is 0 Å². The van der Waals surface area contributed by atoms with Crippen LogP contribution in [0.1, 0.15) is 0 Å². The lowest BCUT2D eigenvalue weighted by atomic mass is 10.3. The average molecular weight is 419 g/mol. The number of carboxylic acids is 1. The lowest BCUT2D eigenvalue weighted by Gasteiger charge is -2.05. The van der Waals surface area contributed by atoms with Gasteiger partial charge in [0.1, 0.15) is 0 Å². The standard InChI is InChI=1S/C10H10N4O2S.C3H8NO5P/c11-8-2-4-9(5-3-8)17(15,16)14-10-12-6-1-7-13-10;5-3(6)1-4-2-10(7,8)9/h1-7H,11H2,(H,12,13,14);4H,1-2H2,(H,5,6)(H2,7,8,9). The number of nitrogens with zero attached hydrogens (tertiary/aromatic N) is 2. The molecule has 2 aromatic rings. The number of nitrogens with two attached hydrogens (primary N) is 1. The Kier molecular flexibility index (Phi) is 8.28. The fraction of sp³-hybridized carbons (Fsp3) is 0.154. The van der Waals surface area contributed by atoms with E-state index in [1.807, 2.05) is 0 Å². The molecule has 14 heteroatoms. The van der Waals surface area contributed by atoms with Crippen molar-refractivity contribution in [1.29, 1.82) is 0 Å². The van der Waals surface area contributed by atoms with Crippen LogP contribution >= 0.6 is 7.60 Å². The maximum atomic E-state index is 11.9. The third-order valence-electron chi connectivity index (χ3n) is 2.58. The molecule has 0 unspecified atom stereocenters. The first-order valence-corrected chi connectivity index (χ1v) is 10.4. The highest BCUT2D eigenvalue weighted by atomic mass is 32.2. The molecular weight excluding hydrogens is 401 g/mol. The molecule has 0 saturated heterocycles. The lowest BCUT2D eigenvalue weighted by molar-refractivity contribution is -0.135. The number of benzene rings is 1. The Morgan fingerprint density at radius 2 is 1.70 bits per heavy atom. The van der Waals surface area contributed by atoms with Crippen molar-refractivity contribution >= 4 is 35.2 Å². The van der Waals surface area contributed by atoms with Crippen molar-refractivity contribution in [2.24, 2.45) is 0 Å². The zero-order chi connectivity index (χ0) is 20.5.